The van der Waals surface area contributed by atoms with Crippen molar-refractivity contribution in [2.45, 2.75) is 31.9 Å². The van der Waals surface area contributed by atoms with E-state index in [4.69, 9.17) is 0 Å². The average molecular weight is 393 g/mol. The molecule has 0 aliphatic carbocycles. The second-order valence-corrected chi connectivity index (χ2v) is 7.58. The van der Waals surface area contributed by atoms with Crippen LogP contribution in [0.15, 0.2) is 60.7 Å². The van der Waals surface area contributed by atoms with Crippen LogP contribution in [0.3, 0.4) is 0 Å². The van der Waals surface area contributed by atoms with Gasteiger partial charge in [0.25, 0.3) is 0 Å². The maximum atomic E-state index is 9.59. The van der Waals surface area contributed by atoms with E-state index in [-0.39, 0.29) is 5.97 Å². The van der Waals surface area contributed by atoms with Gasteiger partial charge in [-0.05, 0) is 24.0 Å². The first-order valence-electron chi connectivity index (χ1n) is 9.08. The third-order valence-corrected chi connectivity index (χ3v) is 4.05. The Morgan fingerprint density at radius 3 is 1.23 bits per heavy atom. The third-order valence-electron chi connectivity index (χ3n) is 3.05. The molecule has 26 heavy (non-hydrogen) atoms. The molecule has 0 amide bonds. The predicted octanol–water partition coefficient (Wildman–Crippen LogP) is 2.47. The molecule has 0 saturated carbocycles. The monoisotopic (exact) mass is 392 g/mol. The van der Waals surface area contributed by atoms with Gasteiger partial charge in [0.2, 0.25) is 0 Å². The van der Waals surface area contributed by atoms with Gasteiger partial charge in [0.05, 0.1) is 7.11 Å². The lowest BCUT2D eigenvalue weighted by Crippen LogP contribution is -1.88. The standard InChI is InChI=1S/2C8H12Si.C3H6O2.C2H6O/c2*9-7-6-8-4-2-1-3-5-8;1-3(4)5-2;1-3-2/h2*1-5H,6-7H2,9H3;1-2H3;1-2H3. The van der Waals surface area contributed by atoms with Gasteiger partial charge in [-0.3, -0.25) is 4.79 Å². The fourth-order valence-corrected chi connectivity index (χ4v) is 3.02. The molecule has 0 N–H and O–H groups in total. The number of ether oxygens (including phenoxy) is 2. The van der Waals surface area contributed by atoms with Crippen molar-refractivity contribution in [1.29, 1.82) is 0 Å². The predicted molar refractivity (Wildman–Crippen MR) is 120 cm³/mol. The summed E-state index contributed by atoms with van der Waals surface area (Å²) in [5, 5.41) is 0. The van der Waals surface area contributed by atoms with Crippen molar-refractivity contribution in [3.8, 4) is 0 Å². The van der Waals surface area contributed by atoms with Crippen molar-refractivity contribution in [1.82, 2.24) is 0 Å². The second kappa shape index (κ2) is 21.3. The summed E-state index contributed by atoms with van der Waals surface area (Å²) in [6, 6.07) is 24.1. The van der Waals surface area contributed by atoms with Crippen molar-refractivity contribution < 1.29 is 14.3 Å². The zero-order valence-electron chi connectivity index (χ0n) is 17.3. The SMILES string of the molecule is COC.COC(C)=O.[SiH3]CCc1ccccc1.[SiH3]CCc1ccccc1. The highest BCUT2D eigenvalue weighted by Gasteiger charge is 1.85. The molecule has 0 atom stereocenters. The van der Waals surface area contributed by atoms with E-state index >= 15 is 0 Å². The topological polar surface area (TPSA) is 35.5 Å². The minimum Gasteiger partial charge on any atom is -0.469 e. The van der Waals surface area contributed by atoms with E-state index in [1.807, 2.05) is 0 Å². The first-order chi connectivity index (χ1) is 12.5. The molecule has 0 radical (unpaired) electrons. The molecule has 2 rings (SSSR count). The van der Waals surface area contributed by atoms with E-state index in [9.17, 15) is 4.79 Å². The van der Waals surface area contributed by atoms with Crippen molar-refractivity contribution in [2.75, 3.05) is 21.3 Å². The fraction of sp³-hybridized carbons (Fsp3) is 0.381. The Bertz CT molecular complexity index is 478. The van der Waals surface area contributed by atoms with Crippen LogP contribution in [0.25, 0.3) is 0 Å². The Morgan fingerprint density at radius 1 is 0.769 bits per heavy atom. The molecule has 2 aromatic rings. The molecule has 2 aromatic carbocycles. The molecule has 3 nitrogen and oxygen atoms in total. The number of esters is 1. The summed E-state index contributed by atoms with van der Waals surface area (Å²) in [7, 11) is 7.25. The highest BCUT2D eigenvalue weighted by molar-refractivity contribution is 6.08. The maximum Gasteiger partial charge on any atom is 0.302 e. The number of hydrogen-bond donors (Lipinski definition) is 0. The van der Waals surface area contributed by atoms with Crippen molar-refractivity contribution in [3.63, 3.8) is 0 Å². The molecule has 0 bridgehead atoms. The van der Waals surface area contributed by atoms with Gasteiger partial charge in [0, 0.05) is 41.6 Å². The first kappa shape index (κ1) is 26.5. The molecule has 0 aromatic heterocycles. The Labute approximate surface area is 166 Å². The fourth-order valence-electron chi connectivity index (χ4n) is 1.87. The number of aryl methyl sites for hydroxylation is 2. The summed E-state index contributed by atoms with van der Waals surface area (Å²) in [6.45, 7) is 1.36. The molecule has 0 unspecified atom stereocenters. The molecule has 0 spiro atoms. The van der Waals surface area contributed by atoms with E-state index in [2.05, 4.69) is 70.1 Å². The average Bonchev–Trinajstić information content (AvgIpc) is 2.66. The zero-order valence-corrected chi connectivity index (χ0v) is 21.3. The maximum absolute atomic E-state index is 9.59. The quantitative estimate of drug-likeness (QED) is 0.592. The van der Waals surface area contributed by atoms with E-state index in [0.29, 0.717) is 0 Å². The second-order valence-electron chi connectivity index (χ2n) is 5.58. The van der Waals surface area contributed by atoms with Gasteiger partial charge in [-0.25, -0.2) is 0 Å². The summed E-state index contributed by atoms with van der Waals surface area (Å²) < 4.78 is 8.36. The highest BCUT2D eigenvalue weighted by Crippen LogP contribution is 2.00. The summed E-state index contributed by atoms with van der Waals surface area (Å²) in [6.07, 6.45) is 2.54. The number of rotatable bonds is 4. The lowest BCUT2D eigenvalue weighted by atomic mass is 10.2. The van der Waals surface area contributed by atoms with E-state index in [1.165, 1.54) is 70.6 Å². The van der Waals surface area contributed by atoms with Crippen LogP contribution >= 0.6 is 0 Å². The summed E-state index contributed by atoms with van der Waals surface area (Å²) in [5.74, 6) is -0.245. The van der Waals surface area contributed by atoms with Gasteiger partial charge in [0.15, 0.2) is 0 Å². The van der Waals surface area contributed by atoms with Gasteiger partial charge >= 0.3 is 5.97 Å². The summed E-state index contributed by atoms with van der Waals surface area (Å²) >= 11 is 0. The van der Waals surface area contributed by atoms with Crippen LogP contribution in [-0.2, 0) is 27.1 Å². The van der Waals surface area contributed by atoms with Gasteiger partial charge in [-0.2, -0.15) is 0 Å². The molecular weight excluding hydrogens is 356 g/mol. The Morgan fingerprint density at radius 2 is 1.04 bits per heavy atom. The lowest BCUT2D eigenvalue weighted by molar-refractivity contribution is -0.137. The van der Waals surface area contributed by atoms with Crippen LogP contribution in [0, 0.1) is 0 Å². The number of hydrogen-bond acceptors (Lipinski definition) is 3. The van der Waals surface area contributed by atoms with Crippen LogP contribution in [0.1, 0.15) is 18.1 Å². The number of benzene rings is 2. The Kier molecular flexibility index (Phi) is 21.8. The van der Waals surface area contributed by atoms with Crippen molar-refractivity contribution in [3.05, 3.63) is 71.8 Å². The molecule has 0 aliphatic heterocycles. The molecule has 0 heterocycles. The van der Waals surface area contributed by atoms with Gasteiger partial charge < -0.3 is 9.47 Å². The molecule has 0 aliphatic rings. The first-order valence-corrected chi connectivity index (χ1v) is 11.9. The lowest BCUT2D eigenvalue weighted by Gasteiger charge is -1.93. The van der Waals surface area contributed by atoms with Crippen molar-refractivity contribution in [2.24, 2.45) is 0 Å². The molecule has 0 fully saturated rings. The van der Waals surface area contributed by atoms with Gasteiger partial charge in [0.1, 0.15) is 0 Å². The highest BCUT2D eigenvalue weighted by atomic mass is 28.1. The van der Waals surface area contributed by atoms with E-state index in [1.54, 1.807) is 14.2 Å². The van der Waals surface area contributed by atoms with Gasteiger partial charge in [-0.15, -0.1) is 0 Å². The molecule has 5 heteroatoms. The minimum absolute atomic E-state index is 0.245. The van der Waals surface area contributed by atoms with Crippen LogP contribution in [-0.4, -0.2) is 47.8 Å². The largest absolute Gasteiger partial charge is 0.469 e. The van der Waals surface area contributed by atoms with E-state index < -0.39 is 0 Å². The van der Waals surface area contributed by atoms with Crippen LogP contribution in [0.5, 0.6) is 0 Å². The third kappa shape index (κ3) is 20.3. The smallest absolute Gasteiger partial charge is 0.302 e. The van der Waals surface area contributed by atoms with E-state index in [0.717, 1.165) is 0 Å². The van der Waals surface area contributed by atoms with Crippen LogP contribution in [0.2, 0.25) is 12.1 Å². The number of carbonyl (C=O) groups is 1. The van der Waals surface area contributed by atoms with Crippen molar-refractivity contribution >= 4 is 26.5 Å². The Hall–Kier alpha value is -1.70. The molecular formula is C21H36O3Si2. The minimum atomic E-state index is -0.245. The summed E-state index contributed by atoms with van der Waals surface area (Å²) in [5.41, 5.74) is 2.96. The number of carbonyl (C=O) groups excluding carboxylic acids is 1. The molecule has 146 valence electrons. The van der Waals surface area contributed by atoms with Crippen LogP contribution in [0.4, 0.5) is 0 Å². The molecule has 0 saturated heterocycles. The zero-order chi connectivity index (χ0) is 20.0. The van der Waals surface area contributed by atoms with Crippen LogP contribution < -0.4 is 0 Å². The van der Waals surface area contributed by atoms with Gasteiger partial charge in [-0.1, -0.05) is 72.8 Å². The summed E-state index contributed by atoms with van der Waals surface area (Å²) in [4.78, 5) is 9.59. The Balaban J connectivity index is 0. The normalized spacial score (nSPS) is 8.77. The number of methoxy groups -OCH3 is 2.